The highest BCUT2D eigenvalue weighted by atomic mass is 16.5. The fourth-order valence-electron chi connectivity index (χ4n) is 2.49. The molecule has 0 saturated carbocycles. The first kappa shape index (κ1) is 14.3. The fourth-order valence-corrected chi connectivity index (χ4v) is 2.49. The number of fused-ring (bicyclic) bond motifs is 2. The fraction of sp³-hybridized carbons (Fsp3) is 0.158. The Morgan fingerprint density at radius 2 is 1.68 bits per heavy atom. The normalized spacial score (nSPS) is 10.8. The molecule has 3 aromatic carbocycles. The molecule has 0 aliphatic carbocycles. The second kappa shape index (κ2) is 5.98. The van der Waals surface area contributed by atoms with Crippen LogP contribution in [-0.4, -0.2) is 12.6 Å². The van der Waals surface area contributed by atoms with Crippen LogP contribution in [0.5, 0.6) is 0 Å². The summed E-state index contributed by atoms with van der Waals surface area (Å²) in [6.07, 6.45) is 0.782. The highest BCUT2D eigenvalue weighted by Crippen LogP contribution is 2.17. The molecule has 3 nitrogen and oxygen atoms in total. The van der Waals surface area contributed by atoms with Gasteiger partial charge in [-0.3, -0.25) is 4.79 Å². The SMILES string of the molecule is CCCOC(=O)c1ccc2c(=O)c3ccccc3ccc2c1. The summed E-state index contributed by atoms with van der Waals surface area (Å²) in [7, 11) is 0. The van der Waals surface area contributed by atoms with Crippen LogP contribution < -0.4 is 5.43 Å². The van der Waals surface area contributed by atoms with Crippen molar-refractivity contribution in [1.29, 1.82) is 0 Å². The summed E-state index contributed by atoms with van der Waals surface area (Å²) in [5, 5.41) is 2.91. The van der Waals surface area contributed by atoms with E-state index in [0.29, 0.717) is 22.9 Å². The van der Waals surface area contributed by atoms with Crippen LogP contribution in [0.3, 0.4) is 0 Å². The maximum absolute atomic E-state index is 12.6. The number of carbonyl (C=O) groups is 1. The van der Waals surface area contributed by atoms with Crippen LogP contribution in [0.25, 0.3) is 21.5 Å². The molecule has 0 spiro atoms. The summed E-state index contributed by atoms with van der Waals surface area (Å²) in [5.41, 5.74) is 0.444. The molecule has 0 heterocycles. The van der Waals surface area contributed by atoms with Crippen LogP contribution in [0, 0.1) is 0 Å². The molecule has 110 valence electrons. The highest BCUT2D eigenvalue weighted by Gasteiger charge is 2.09. The molecule has 0 aromatic heterocycles. The molecule has 0 saturated heterocycles. The van der Waals surface area contributed by atoms with E-state index in [1.165, 1.54) is 0 Å². The van der Waals surface area contributed by atoms with Crippen LogP contribution in [0.1, 0.15) is 23.7 Å². The number of esters is 1. The van der Waals surface area contributed by atoms with Crippen molar-refractivity contribution in [2.24, 2.45) is 0 Å². The van der Waals surface area contributed by atoms with Crippen molar-refractivity contribution in [3.63, 3.8) is 0 Å². The molecule has 3 aromatic rings. The standard InChI is InChI=1S/C19H16O3/c1-2-11-22-19(21)15-9-10-17-14(12-15)8-7-13-5-3-4-6-16(13)18(17)20/h3-10,12H,2,11H2,1H3. The minimum Gasteiger partial charge on any atom is -0.462 e. The van der Waals surface area contributed by atoms with Crippen molar-refractivity contribution >= 4 is 27.5 Å². The van der Waals surface area contributed by atoms with E-state index in [9.17, 15) is 9.59 Å². The number of hydrogen-bond donors (Lipinski definition) is 0. The Kier molecular flexibility index (Phi) is 3.88. The average molecular weight is 292 g/mol. The molecule has 0 radical (unpaired) electrons. The molecule has 0 atom stereocenters. The van der Waals surface area contributed by atoms with Crippen LogP contribution >= 0.6 is 0 Å². The first-order chi connectivity index (χ1) is 10.7. The summed E-state index contributed by atoms with van der Waals surface area (Å²) < 4.78 is 5.14. The molecule has 22 heavy (non-hydrogen) atoms. The largest absolute Gasteiger partial charge is 0.462 e. The van der Waals surface area contributed by atoms with E-state index < -0.39 is 0 Å². The maximum atomic E-state index is 12.6. The predicted molar refractivity (Wildman–Crippen MR) is 88.3 cm³/mol. The van der Waals surface area contributed by atoms with Crippen molar-refractivity contribution in [3.8, 4) is 0 Å². The zero-order valence-corrected chi connectivity index (χ0v) is 12.3. The van der Waals surface area contributed by atoms with Gasteiger partial charge in [0.05, 0.1) is 12.2 Å². The summed E-state index contributed by atoms with van der Waals surface area (Å²) >= 11 is 0. The van der Waals surface area contributed by atoms with Crippen LogP contribution in [0.15, 0.2) is 59.4 Å². The molecule has 0 aliphatic heterocycles. The Hall–Kier alpha value is -2.68. The Morgan fingerprint density at radius 1 is 0.955 bits per heavy atom. The van der Waals surface area contributed by atoms with Crippen molar-refractivity contribution in [2.45, 2.75) is 13.3 Å². The number of benzene rings is 2. The average Bonchev–Trinajstić information content (AvgIpc) is 2.70. The summed E-state index contributed by atoms with van der Waals surface area (Å²) in [4.78, 5) is 24.6. The monoisotopic (exact) mass is 292 g/mol. The van der Waals surface area contributed by atoms with Crippen LogP contribution in [-0.2, 0) is 4.74 Å². The molecule has 0 bridgehead atoms. The quantitative estimate of drug-likeness (QED) is 0.687. The lowest BCUT2D eigenvalue weighted by Crippen LogP contribution is -2.06. The van der Waals surface area contributed by atoms with Gasteiger partial charge in [-0.2, -0.15) is 0 Å². The lowest BCUT2D eigenvalue weighted by molar-refractivity contribution is 0.0505. The minimum absolute atomic E-state index is 0.0240. The predicted octanol–water partition coefficient (Wildman–Crippen LogP) is 3.92. The van der Waals surface area contributed by atoms with Crippen LogP contribution in [0.4, 0.5) is 0 Å². The van der Waals surface area contributed by atoms with Crippen molar-refractivity contribution in [2.75, 3.05) is 6.61 Å². The van der Waals surface area contributed by atoms with Crippen molar-refractivity contribution in [3.05, 3.63) is 70.4 Å². The Bertz CT molecular complexity index is 913. The van der Waals surface area contributed by atoms with Gasteiger partial charge in [0.1, 0.15) is 0 Å². The van der Waals surface area contributed by atoms with E-state index in [-0.39, 0.29) is 11.4 Å². The Morgan fingerprint density at radius 3 is 2.50 bits per heavy atom. The lowest BCUT2D eigenvalue weighted by Gasteiger charge is -2.03. The lowest BCUT2D eigenvalue weighted by atomic mass is 10.1. The highest BCUT2D eigenvalue weighted by molar-refractivity contribution is 5.98. The third kappa shape index (κ3) is 2.58. The molecule has 0 fully saturated rings. The Labute approximate surface area is 128 Å². The summed E-state index contributed by atoms with van der Waals surface area (Å²) in [5.74, 6) is -0.354. The number of hydrogen-bond acceptors (Lipinski definition) is 3. The van der Waals surface area contributed by atoms with E-state index in [0.717, 1.165) is 17.2 Å². The number of carbonyl (C=O) groups excluding carboxylic acids is 1. The number of ether oxygens (including phenoxy) is 1. The molecule has 3 rings (SSSR count). The third-order valence-electron chi connectivity index (χ3n) is 3.62. The molecule has 0 unspecified atom stereocenters. The second-order valence-electron chi connectivity index (χ2n) is 5.19. The van der Waals surface area contributed by atoms with Crippen molar-refractivity contribution < 1.29 is 9.53 Å². The molecule has 0 aliphatic rings. The summed E-state index contributed by atoms with van der Waals surface area (Å²) in [6, 6.07) is 16.3. The smallest absolute Gasteiger partial charge is 0.338 e. The van der Waals surface area contributed by atoms with Gasteiger partial charge in [0, 0.05) is 10.8 Å². The zero-order valence-electron chi connectivity index (χ0n) is 12.3. The van der Waals surface area contributed by atoms with Gasteiger partial charge in [-0.1, -0.05) is 43.3 Å². The maximum Gasteiger partial charge on any atom is 0.338 e. The van der Waals surface area contributed by atoms with Crippen molar-refractivity contribution in [1.82, 2.24) is 0 Å². The molecule has 3 heteroatoms. The first-order valence-electron chi connectivity index (χ1n) is 7.33. The molecular formula is C19H16O3. The zero-order chi connectivity index (χ0) is 15.5. The van der Waals surface area contributed by atoms with E-state index in [4.69, 9.17) is 4.74 Å². The summed E-state index contributed by atoms with van der Waals surface area (Å²) in [6.45, 7) is 2.35. The number of rotatable bonds is 3. The van der Waals surface area contributed by atoms with Gasteiger partial charge in [-0.15, -0.1) is 0 Å². The van der Waals surface area contributed by atoms with Gasteiger partial charge in [0.25, 0.3) is 0 Å². The Balaban J connectivity index is 2.20. The van der Waals surface area contributed by atoms with E-state index in [1.54, 1.807) is 18.2 Å². The van der Waals surface area contributed by atoms with Gasteiger partial charge in [-0.25, -0.2) is 4.79 Å². The van der Waals surface area contributed by atoms with Gasteiger partial charge in [-0.05, 0) is 35.4 Å². The van der Waals surface area contributed by atoms with Gasteiger partial charge >= 0.3 is 5.97 Å². The van der Waals surface area contributed by atoms with Gasteiger partial charge in [0.15, 0.2) is 5.43 Å². The first-order valence-corrected chi connectivity index (χ1v) is 7.33. The second-order valence-corrected chi connectivity index (χ2v) is 5.19. The van der Waals surface area contributed by atoms with Gasteiger partial charge < -0.3 is 4.74 Å². The topological polar surface area (TPSA) is 43.4 Å². The van der Waals surface area contributed by atoms with E-state index >= 15 is 0 Å². The van der Waals surface area contributed by atoms with E-state index in [2.05, 4.69) is 0 Å². The minimum atomic E-state index is -0.354. The van der Waals surface area contributed by atoms with Crippen LogP contribution in [0.2, 0.25) is 0 Å². The molecular weight excluding hydrogens is 276 g/mol. The molecule has 0 amide bonds. The van der Waals surface area contributed by atoms with E-state index in [1.807, 2.05) is 43.3 Å². The third-order valence-corrected chi connectivity index (χ3v) is 3.62. The molecule has 0 N–H and O–H groups in total. The van der Waals surface area contributed by atoms with Gasteiger partial charge in [0.2, 0.25) is 0 Å².